The molecule has 0 fully saturated rings. The van der Waals surface area contributed by atoms with Crippen molar-refractivity contribution in [2.75, 3.05) is 19.0 Å². The number of nitrogens with one attached hydrogen (secondary N) is 1. The van der Waals surface area contributed by atoms with Gasteiger partial charge in [-0.15, -0.1) is 0 Å². The Hall–Kier alpha value is -2.16. The Morgan fingerprint density at radius 3 is 2.58 bits per heavy atom. The minimum atomic E-state index is 0.680. The minimum absolute atomic E-state index is 0.680. The van der Waals surface area contributed by atoms with E-state index in [0.29, 0.717) is 6.61 Å². The molecular formula is C16H19NO2. The van der Waals surface area contributed by atoms with Crippen LogP contribution < -0.4 is 14.8 Å². The highest BCUT2D eigenvalue weighted by Gasteiger charge is 1.98. The first kappa shape index (κ1) is 13.3. The molecule has 0 amide bonds. The van der Waals surface area contributed by atoms with Crippen LogP contribution >= 0.6 is 0 Å². The Balaban J connectivity index is 1.99. The third-order valence-electron chi connectivity index (χ3n) is 2.78. The zero-order valence-corrected chi connectivity index (χ0v) is 11.3. The van der Waals surface area contributed by atoms with E-state index in [4.69, 9.17) is 9.47 Å². The van der Waals surface area contributed by atoms with E-state index in [1.165, 1.54) is 5.56 Å². The molecule has 0 unspecified atom stereocenters. The number of methoxy groups -OCH3 is 1. The van der Waals surface area contributed by atoms with Crippen LogP contribution in [-0.4, -0.2) is 13.7 Å². The summed E-state index contributed by atoms with van der Waals surface area (Å²) in [6.07, 6.45) is 0. The second-order valence-corrected chi connectivity index (χ2v) is 4.17. The topological polar surface area (TPSA) is 30.5 Å². The summed E-state index contributed by atoms with van der Waals surface area (Å²) in [7, 11) is 1.68. The molecule has 2 aromatic carbocycles. The fourth-order valence-corrected chi connectivity index (χ4v) is 1.85. The Labute approximate surface area is 114 Å². The molecule has 0 bridgehead atoms. The van der Waals surface area contributed by atoms with Gasteiger partial charge in [0.25, 0.3) is 0 Å². The van der Waals surface area contributed by atoms with Crippen LogP contribution in [0.3, 0.4) is 0 Å². The van der Waals surface area contributed by atoms with Gasteiger partial charge in [0.15, 0.2) is 0 Å². The lowest BCUT2D eigenvalue weighted by molar-refractivity contribution is 0.340. The van der Waals surface area contributed by atoms with Gasteiger partial charge in [-0.05, 0) is 36.8 Å². The SMILES string of the molecule is CCOc1cccc(NCc2cccc(OC)c2)c1. The minimum Gasteiger partial charge on any atom is -0.497 e. The Morgan fingerprint density at radius 2 is 1.79 bits per heavy atom. The number of rotatable bonds is 6. The maximum Gasteiger partial charge on any atom is 0.121 e. The summed E-state index contributed by atoms with van der Waals surface area (Å²) >= 11 is 0. The van der Waals surface area contributed by atoms with Crippen LogP contribution in [-0.2, 0) is 6.54 Å². The molecule has 0 saturated heterocycles. The molecule has 2 aromatic rings. The molecule has 3 nitrogen and oxygen atoms in total. The summed E-state index contributed by atoms with van der Waals surface area (Å²) in [5, 5.41) is 3.38. The van der Waals surface area contributed by atoms with Crippen LogP contribution in [0.1, 0.15) is 12.5 Å². The summed E-state index contributed by atoms with van der Waals surface area (Å²) in [4.78, 5) is 0. The monoisotopic (exact) mass is 257 g/mol. The fraction of sp³-hybridized carbons (Fsp3) is 0.250. The van der Waals surface area contributed by atoms with E-state index in [0.717, 1.165) is 23.7 Å². The van der Waals surface area contributed by atoms with Gasteiger partial charge < -0.3 is 14.8 Å². The second-order valence-electron chi connectivity index (χ2n) is 4.17. The van der Waals surface area contributed by atoms with Crippen LogP contribution in [0.5, 0.6) is 11.5 Å². The van der Waals surface area contributed by atoms with E-state index in [-0.39, 0.29) is 0 Å². The molecule has 0 aliphatic carbocycles. The van der Waals surface area contributed by atoms with E-state index in [1.807, 2.05) is 49.4 Å². The zero-order valence-electron chi connectivity index (χ0n) is 11.3. The van der Waals surface area contributed by atoms with Gasteiger partial charge in [0, 0.05) is 18.3 Å². The maximum absolute atomic E-state index is 5.48. The van der Waals surface area contributed by atoms with Crippen molar-refractivity contribution in [3.8, 4) is 11.5 Å². The molecule has 0 aromatic heterocycles. The molecule has 1 N–H and O–H groups in total. The first-order valence-corrected chi connectivity index (χ1v) is 6.41. The lowest BCUT2D eigenvalue weighted by Gasteiger charge is -2.09. The molecule has 0 aliphatic heterocycles. The maximum atomic E-state index is 5.48. The van der Waals surface area contributed by atoms with Gasteiger partial charge in [-0.25, -0.2) is 0 Å². The predicted octanol–water partition coefficient (Wildman–Crippen LogP) is 3.71. The lowest BCUT2D eigenvalue weighted by Crippen LogP contribution is -2.00. The van der Waals surface area contributed by atoms with Crippen LogP contribution in [0.25, 0.3) is 0 Å². The second kappa shape index (κ2) is 6.69. The first-order chi connectivity index (χ1) is 9.31. The molecule has 0 atom stereocenters. The molecule has 0 spiro atoms. The van der Waals surface area contributed by atoms with Crippen LogP contribution in [0, 0.1) is 0 Å². The highest BCUT2D eigenvalue weighted by molar-refractivity contribution is 5.48. The molecule has 0 aliphatic rings. The number of hydrogen-bond donors (Lipinski definition) is 1. The summed E-state index contributed by atoms with van der Waals surface area (Å²) < 4.78 is 10.7. The van der Waals surface area contributed by atoms with Crippen molar-refractivity contribution in [3.05, 3.63) is 54.1 Å². The third kappa shape index (κ3) is 3.91. The van der Waals surface area contributed by atoms with E-state index in [1.54, 1.807) is 7.11 Å². The molecule has 0 heterocycles. The number of benzene rings is 2. The van der Waals surface area contributed by atoms with Gasteiger partial charge >= 0.3 is 0 Å². The van der Waals surface area contributed by atoms with Crippen LogP contribution in [0.2, 0.25) is 0 Å². The molecule has 100 valence electrons. The van der Waals surface area contributed by atoms with Gasteiger partial charge in [0.1, 0.15) is 11.5 Å². The Kier molecular flexibility index (Phi) is 4.67. The number of ether oxygens (including phenoxy) is 2. The van der Waals surface area contributed by atoms with E-state index in [2.05, 4.69) is 11.4 Å². The number of hydrogen-bond acceptors (Lipinski definition) is 3. The highest BCUT2D eigenvalue weighted by atomic mass is 16.5. The Morgan fingerprint density at radius 1 is 1.00 bits per heavy atom. The molecule has 0 radical (unpaired) electrons. The smallest absolute Gasteiger partial charge is 0.121 e. The largest absolute Gasteiger partial charge is 0.497 e. The predicted molar refractivity (Wildman–Crippen MR) is 77.9 cm³/mol. The van der Waals surface area contributed by atoms with Crippen molar-refractivity contribution in [3.63, 3.8) is 0 Å². The average Bonchev–Trinajstić information content (AvgIpc) is 2.46. The first-order valence-electron chi connectivity index (χ1n) is 6.41. The van der Waals surface area contributed by atoms with Gasteiger partial charge in [0.2, 0.25) is 0 Å². The van der Waals surface area contributed by atoms with Crippen molar-refractivity contribution in [1.29, 1.82) is 0 Å². The lowest BCUT2D eigenvalue weighted by atomic mass is 10.2. The molecule has 0 saturated carbocycles. The van der Waals surface area contributed by atoms with E-state index >= 15 is 0 Å². The van der Waals surface area contributed by atoms with Crippen molar-refractivity contribution in [1.82, 2.24) is 0 Å². The molecule has 2 rings (SSSR count). The standard InChI is InChI=1S/C16H19NO2/c1-3-19-16-9-5-7-14(11-16)17-12-13-6-4-8-15(10-13)18-2/h4-11,17H,3,12H2,1-2H3. The van der Waals surface area contributed by atoms with Crippen molar-refractivity contribution in [2.45, 2.75) is 13.5 Å². The quantitative estimate of drug-likeness (QED) is 0.855. The molecule has 19 heavy (non-hydrogen) atoms. The highest BCUT2D eigenvalue weighted by Crippen LogP contribution is 2.19. The Bertz CT molecular complexity index is 526. The fourth-order valence-electron chi connectivity index (χ4n) is 1.85. The van der Waals surface area contributed by atoms with Gasteiger partial charge in [0.05, 0.1) is 13.7 Å². The van der Waals surface area contributed by atoms with Crippen molar-refractivity contribution in [2.24, 2.45) is 0 Å². The molecular weight excluding hydrogens is 238 g/mol. The summed E-state index contributed by atoms with van der Waals surface area (Å²) in [6, 6.07) is 16.0. The van der Waals surface area contributed by atoms with Gasteiger partial charge in [-0.3, -0.25) is 0 Å². The normalized spacial score (nSPS) is 10.0. The van der Waals surface area contributed by atoms with Crippen molar-refractivity contribution < 1.29 is 9.47 Å². The van der Waals surface area contributed by atoms with E-state index < -0.39 is 0 Å². The van der Waals surface area contributed by atoms with Crippen LogP contribution in [0.4, 0.5) is 5.69 Å². The summed E-state index contributed by atoms with van der Waals surface area (Å²) in [5.74, 6) is 1.76. The van der Waals surface area contributed by atoms with Gasteiger partial charge in [-0.2, -0.15) is 0 Å². The number of anilines is 1. The van der Waals surface area contributed by atoms with Crippen LogP contribution in [0.15, 0.2) is 48.5 Å². The third-order valence-corrected chi connectivity index (χ3v) is 2.78. The molecule has 3 heteroatoms. The van der Waals surface area contributed by atoms with E-state index in [9.17, 15) is 0 Å². The van der Waals surface area contributed by atoms with Crippen molar-refractivity contribution >= 4 is 5.69 Å². The summed E-state index contributed by atoms with van der Waals surface area (Å²) in [5.41, 5.74) is 2.23. The zero-order chi connectivity index (χ0) is 13.5. The van der Waals surface area contributed by atoms with Gasteiger partial charge in [-0.1, -0.05) is 18.2 Å². The average molecular weight is 257 g/mol. The summed E-state index contributed by atoms with van der Waals surface area (Å²) in [6.45, 7) is 3.42.